The van der Waals surface area contributed by atoms with Crippen molar-refractivity contribution in [1.29, 1.82) is 0 Å². The maximum atomic E-state index is 11.7. The van der Waals surface area contributed by atoms with Gasteiger partial charge in [0.05, 0.1) is 11.5 Å². The van der Waals surface area contributed by atoms with E-state index in [2.05, 4.69) is 23.8 Å². The molecule has 0 aromatic heterocycles. The molecule has 0 saturated carbocycles. The van der Waals surface area contributed by atoms with Crippen LogP contribution in [0.5, 0.6) is 0 Å². The summed E-state index contributed by atoms with van der Waals surface area (Å²) in [6.07, 6.45) is 2.52. The molecule has 2 rings (SSSR count). The number of hydrogen-bond acceptors (Lipinski definition) is 5. The second-order valence-corrected chi connectivity index (χ2v) is 8.54. The first-order valence-corrected chi connectivity index (χ1v) is 9.06. The van der Waals surface area contributed by atoms with Crippen LogP contribution in [0.25, 0.3) is 0 Å². The van der Waals surface area contributed by atoms with Crippen molar-refractivity contribution in [1.82, 2.24) is 9.80 Å². The molecule has 112 valence electrons. The molecule has 2 aliphatic heterocycles. The Morgan fingerprint density at radius 2 is 1.89 bits per heavy atom. The fourth-order valence-electron chi connectivity index (χ4n) is 3.60. The van der Waals surface area contributed by atoms with Gasteiger partial charge in [-0.15, -0.1) is 0 Å². The second kappa shape index (κ2) is 5.68. The Labute approximate surface area is 117 Å². The van der Waals surface area contributed by atoms with Gasteiger partial charge in [-0.05, 0) is 39.8 Å². The van der Waals surface area contributed by atoms with Crippen molar-refractivity contribution in [2.24, 2.45) is 5.73 Å². The van der Waals surface area contributed by atoms with Crippen LogP contribution in [0.3, 0.4) is 0 Å². The van der Waals surface area contributed by atoms with Crippen molar-refractivity contribution in [3.63, 3.8) is 0 Å². The van der Waals surface area contributed by atoms with E-state index in [1.165, 1.54) is 0 Å². The molecule has 0 radical (unpaired) electrons. The summed E-state index contributed by atoms with van der Waals surface area (Å²) in [7, 11) is -0.679. The summed E-state index contributed by atoms with van der Waals surface area (Å²) >= 11 is 0. The van der Waals surface area contributed by atoms with E-state index in [-0.39, 0.29) is 5.54 Å². The molecule has 2 aliphatic rings. The Morgan fingerprint density at radius 3 is 2.47 bits per heavy atom. The highest BCUT2D eigenvalue weighted by Gasteiger charge is 2.43. The van der Waals surface area contributed by atoms with Gasteiger partial charge in [0, 0.05) is 31.2 Å². The lowest BCUT2D eigenvalue weighted by Gasteiger charge is -2.48. The Bertz CT molecular complexity index is 396. The van der Waals surface area contributed by atoms with E-state index in [9.17, 15) is 8.42 Å². The number of likely N-dealkylation sites (N-methyl/N-ethyl adjacent to an activating group) is 1. The van der Waals surface area contributed by atoms with E-state index in [1.54, 1.807) is 0 Å². The first-order valence-electron chi connectivity index (χ1n) is 7.24. The van der Waals surface area contributed by atoms with Crippen LogP contribution < -0.4 is 5.73 Å². The molecule has 2 N–H and O–H groups in total. The van der Waals surface area contributed by atoms with Crippen molar-refractivity contribution < 1.29 is 8.42 Å². The summed E-state index contributed by atoms with van der Waals surface area (Å²) < 4.78 is 23.3. The first kappa shape index (κ1) is 15.2. The monoisotopic (exact) mass is 289 g/mol. The average molecular weight is 289 g/mol. The number of nitrogens with zero attached hydrogens (tertiary/aromatic N) is 2. The SMILES string of the molecule is CC1CN(C)CCCN1C1(CN)CCS(=O)(=O)CC1. The van der Waals surface area contributed by atoms with Crippen LogP contribution >= 0.6 is 0 Å². The van der Waals surface area contributed by atoms with E-state index in [4.69, 9.17) is 5.73 Å². The first-order chi connectivity index (χ1) is 8.88. The van der Waals surface area contributed by atoms with E-state index in [0.717, 1.165) is 26.1 Å². The third kappa shape index (κ3) is 3.29. The summed E-state index contributed by atoms with van der Waals surface area (Å²) in [4.78, 5) is 4.85. The fourth-order valence-corrected chi connectivity index (χ4v) is 5.19. The van der Waals surface area contributed by atoms with E-state index < -0.39 is 9.84 Å². The maximum Gasteiger partial charge on any atom is 0.150 e. The lowest BCUT2D eigenvalue weighted by molar-refractivity contribution is 0.0479. The highest BCUT2D eigenvalue weighted by molar-refractivity contribution is 7.91. The number of nitrogens with two attached hydrogens (primary N) is 1. The second-order valence-electron chi connectivity index (χ2n) is 6.24. The summed E-state index contributed by atoms with van der Waals surface area (Å²) in [5.41, 5.74) is 5.95. The zero-order valence-corrected chi connectivity index (χ0v) is 13.0. The normalized spacial score (nSPS) is 32.9. The predicted molar refractivity (Wildman–Crippen MR) is 78.0 cm³/mol. The maximum absolute atomic E-state index is 11.7. The van der Waals surface area contributed by atoms with Gasteiger partial charge >= 0.3 is 0 Å². The van der Waals surface area contributed by atoms with Crippen molar-refractivity contribution in [2.45, 2.75) is 37.8 Å². The summed E-state index contributed by atoms with van der Waals surface area (Å²) in [6, 6.07) is 0.442. The molecule has 1 unspecified atom stereocenters. The Kier molecular flexibility index (Phi) is 4.55. The number of rotatable bonds is 2. The zero-order valence-electron chi connectivity index (χ0n) is 12.1. The molecule has 0 aliphatic carbocycles. The van der Waals surface area contributed by atoms with Crippen LogP contribution in [0.15, 0.2) is 0 Å². The van der Waals surface area contributed by atoms with Crippen molar-refractivity contribution in [3.05, 3.63) is 0 Å². The van der Waals surface area contributed by atoms with E-state index in [0.29, 0.717) is 36.9 Å². The third-order valence-electron chi connectivity index (χ3n) is 4.79. The minimum atomic E-state index is -2.83. The minimum Gasteiger partial charge on any atom is -0.329 e. The summed E-state index contributed by atoms with van der Waals surface area (Å²) in [5, 5.41) is 0. The molecule has 0 spiro atoms. The Morgan fingerprint density at radius 1 is 1.26 bits per heavy atom. The predicted octanol–water partition coefficient (Wildman–Crippen LogP) is -0.0815. The highest BCUT2D eigenvalue weighted by Crippen LogP contribution is 2.32. The lowest BCUT2D eigenvalue weighted by atomic mass is 9.88. The molecule has 2 saturated heterocycles. The van der Waals surface area contributed by atoms with Crippen LogP contribution in [0.4, 0.5) is 0 Å². The Balaban J connectivity index is 2.16. The number of hydrogen-bond donors (Lipinski definition) is 1. The van der Waals surface area contributed by atoms with Crippen molar-refractivity contribution in [3.8, 4) is 0 Å². The van der Waals surface area contributed by atoms with Gasteiger partial charge in [0.25, 0.3) is 0 Å². The van der Waals surface area contributed by atoms with Crippen molar-refractivity contribution in [2.75, 3.05) is 44.7 Å². The third-order valence-corrected chi connectivity index (χ3v) is 6.45. The largest absolute Gasteiger partial charge is 0.329 e. The molecule has 0 aromatic carbocycles. The molecular weight excluding hydrogens is 262 g/mol. The van der Waals surface area contributed by atoms with Crippen LogP contribution in [0.2, 0.25) is 0 Å². The molecule has 6 heteroatoms. The van der Waals surface area contributed by atoms with E-state index >= 15 is 0 Å². The number of sulfone groups is 1. The van der Waals surface area contributed by atoms with Gasteiger partial charge in [-0.1, -0.05) is 0 Å². The lowest BCUT2D eigenvalue weighted by Crippen LogP contribution is -2.61. The molecule has 5 nitrogen and oxygen atoms in total. The van der Waals surface area contributed by atoms with Crippen LogP contribution in [0, 0.1) is 0 Å². The van der Waals surface area contributed by atoms with Gasteiger partial charge in [0.15, 0.2) is 0 Å². The summed E-state index contributed by atoms with van der Waals surface area (Å²) in [6.45, 7) is 5.98. The molecule has 0 amide bonds. The summed E-state index contributed by atoms with van der Waals surface area (Å²) in [5.74, 6) is 0.590. The van der Waals surface area contributed by atoms with Crippen LogP contribution in [-0.2, 0) is 9.84 Å². The van der Waals surface area contributed by atoms with Crippen LogP contribution in [-0.4, -0.2) is 74.5 Å². The van der Waals surface area contributed by atoms with Gasteiger partial charge < -0.3 is 10.6 Å². The molecule has 2 fully saturated rings. The molecule has 0 aromatic rings. The Hall–Kier alpha value is -0.170. The van der Waals surface area contributed by atoms with Gasteiger partial charge in [0.2, 0.25) is 0 Å². The van der Waals surface area contributed by atoms with Gasteiger partial charge in [0.1, 0.15) is 9.84 Å². The van der Waals surface area contributed by atoms with Crippen LogP contribution in [0.1, 0.15) is 26.2 Å². The highest BCUT2D eigenvalue weighted by atomic mass is 32.2. The topological polar surface area (TPSA) is 66.6 Å². The molecule has 19 heavy (non-hydrogen) atoms. The fraction of sp³-hybridized carbons (Fsp3) is 1.00. The van der Waals surface area contributed by atoms with Crippen molar-refractivity contribution >= 4 is 9.84 Å². The standard InChI is InChI=1S/C13H27N3O2S/c1-12-10-15(2)6-3-7-16(12)13(11-14)4-8-19(17,18)9-5-13/h12H,3-11,14H2,1-2H3. The zero-order chi connectivity index (χ0) is 14.1. The van der Waals surface area contributed by atoms with Gasteiger partial charge in [-0.25, -0.2) is 8.42 Å². The molecule has 0 bridgehead atoms. The quantitative estimate of drug-likeness (QED) is 0.770. The minimum absolute atomic E-state index is 0.101. The smallest absolute Gasteiger partial charge is 0.150 e. The average Bonchev–Trinajstić information content (AvgIpc) is 2.52. The molecule has 2 heterocycles. The molecule has 1 atom stereocenters. The van der Waals surface area contributed by atoms with Gasteiger partial charge in [-0.2, -0.15) is 0 Å². The van der Waals surface area contributed by atoms with Gasteiger partial charge in [-0.3, -0.25) is 4.90 Å². The van der Waals surface area contributed by atoms with E-state index in [1.807, 2.05) is 0 Å². The molecular formula is C13H27N3O2S.